The molecule has 1 heterocycles. The van der Waals surface area contributed by atoms with Crippen LogP contribution in [0, 0.1) is 13.8 Å². The van der Waals surface area contributed by atoms with Crippen molar-refractivity contribution in [1.82, 2.24) is 14.8 Å². The van der Waals surface area contributed by atoms with Gasteiger partial charge in [-0.25, -0.2) is 9.67 Å². The van der Waals surface area contributed by atoms with E-state index in [1.165, 1.54) is 11.9 Å². The number of hydrogen-bond donors (Lipinski definition) is 0. The normalized spacial score (nSPS) is 12.4. The molecule has 17 heavy (non-hydrogen) atoms. The second-order valence-corrected chi connectivity index (χ2v) is 4.21. The van der Waals surface area contributed by atoms with Crippen LogP contribution in [0.2, 0.25) is 0 Å². The van der Waals surface area contributed by atoms with Gasteiger partial charge in [-0.1, -0.05) is 12.1 Å². The van der Waals surface area contributed by atoms with E-state index in [1.807, 2.05) is 39.0 Å². The molecule has 4 nitrogen and oxygen atoms in total. The predicted octanol–water partition coefficient (Wildman–Crippen LogP) is 2.34. The van der Waals surface area contributed by atoms with Crippen molar-refractivity contribution in [2.45, 2.75) is 26.8 Å². The molecular weight excluding hydrogens is 214 g/mol. The SMILES string of the molecule is Cc1ccc(C(=O)C(C)n2cncn2)cc1C. The number of ketones is 1. The van der Waals surface area contributed by atoms with Crippen LogP contribution in [0.4, 0.5) is 0 Å². The highest BCUT2D eigenvalue weighted by atomic mass is 16.1. The second-order valence-electron chi connectivity index (χ2n) is 4.21. The predicted molar refractivity (Wildman–Crippen MR) is 65.0 cm³/mol. The van der Waals surface area contributed by atoms with E-state index in [1.54, 1.807) is 11.0 Å². The van der Waals surface area contributed by atoms with Crippen LogP contribution in [0.25, 0.3) is 0 Å². The van der Waals surface area contributed by atoms with Crippen LogP contribution < -0.4 is 0 Å². The molecule has 0 aliphatic carbocycles. The first-order valence-electron chi connectivity index (χ1n) is 5.55. The quantitative estimate of drug-likeness (QED) is 0.759. The van der Waals surface area contributed by atoms with Gasteiger partial charge in [0, 0.05) is 5.56 Å². The van der Waals surface area contributed by atoms with Gasteiger partial charge in [-0.2, -0.15) is 5.10 Å². The first kappa shape index (κ1) is 11.5. The maximum absolute atomic E-state index is 12.2. The molecule has 0 aliphatic rings. The van der Waals surface area contributed by atoms with Crippen LogP contribution in [0.3, 0.4) is 0 Å². The van der Waals surface area contributed by atoms with Gasteiger partial charge >= 0.3 is 0 Å². The van der Waals surface area contributed by atoms with Gasteiger partial charge in [0.1, 0.15) is 18.7 Å². The average Bonchev–Trinajstić information content (AvgIpc) is 2.84. The number of Topliss-reactive ketones (excluding diaryl/α,β-unsaturated/α-hetero) is 1. The summed E-state index contributed by atoms with van der Waals surface area (Å²) in [6.45, 7) is 5.86. The van der Waals surface area contributed by atoms with Crippen molar-refractivity contribution in [3.63, 3.8) is 0 Å². The summed E-state index contributed by atoms with van der Waals surface area (Å²) in [6.07, 6.45) is 2.99. The maximum atomic E-state index is 12.2. The van der Waals surface area contributed by atoms with Crippen LogP contribution in [0.1, 0.15) is 34.5 Å². The molecule has 88 valence electrons. The Kier molecular flexibility index (Phi) is 3.04. The molecular formula is C13H15N3O. The lowest BCUT2D eigenvalue weighted by Gasteiger charge is -2.11. The summed E-state index contributed by atoms with van der Waals surface area (Å²) in [5.74, 6) is 0.0543. The van der Waals surface area contributed by atoms with Crippen LogP contribution >= 0.6 is 0 Å². The van der Waals surface area contributed by atoms with Gasteiger partial charge in [0.25, 0.3) is 0 Å². The molecule has 2 rings (SSSR count). The Balaban J connectivity index is 2.28. The average molecular weight is 229 g/mol. The highest BCUT2D eigenvalue weighted by Crippen LogP contribution is 2.16. The third-order valence-electron chi connectivity index (χ3n) is 3.00. The molecule has 0 saturated heterocycles. The molecule has 4 heteroatoms. The fraction of sp³-hybridized carbons (Fsp3) is 0.308. The summed E-state index contributed by atoms with van der Waals surface area (Å²) in [4.78, 5) is 16.1. The third-order valence-corrected chi connectivity index (χ3v) is 3.00. The summed E-state index contributed by atoms with van der Waals surface area (Å²) >= 11 is 0. The van der Waals surface area contributed by atoms with Crippen molar-refractivity contribution in [2.24, 2.45) is 0 Å². The largest absolute Gasteiger partial charge is 0.292 e. The number of aryl methyl sites for hydroxylation is 2. The van der Waals surface area contributed by atoms with E-state index < -0.39 is 0 Å². The minimum Gasteiger partial charge on any atom is -0.292 e. The van der Waals surface area contributed by atoms with E-state index in [-0.39, 0.29) is 11.8 Å². The highest BCUT2D eigenvalue weighted by Gasteiger charge is 2.17. The van der Waals surface area contributed by atoms with Crippen molar-refractivity contribution in [3.8, 4) is 0 Å². The van der Waals surface area contributed by atoms with Crippen LogP contribution in [0.5, 0.6) is 0 Å². The van der Waals surface area contributed by atoms with Gasteiger partial charge in [-0.05, 0) is 38.0 Å². The molecule has 2 aromatic rings. The number of carbonyl (C=O) groups is 1. The standard InChI is InChI=1S/C13H15N3O/c1-9-4-5-12(6-10(9)2)13(17)11(3)16-8-14-7-15-16/h4-8,11H,1-3H3. The van der Waals surface area contributed by atoms with Gasteiger partial charge in [0.15, 0.2) is 5.78 Å². The molecule has 1 atom stereocenters. The van der Waals surface area contributed by atoms with E-state index in [0.717, 1.165) is 11.1 Å². The Bertz CT molecular complexity index is 532. The number of rotatable bonds is 3. The molecule has 0 aliphatic heterocycles. The molecule has 1 aromatic carbocycles. The molecule has 0 bridgehead atoms. The molecule has 0 spiro atoms. The Morgan fingerprint density at radius 2 is 2.06 bits per heavy atom. The van der Waals surface area contributed by atoms with E-state index in [0.29, 0.717) is 0 Å². The van der Waals surface area contributed by atoms with Crippen molar-refractivity contribution in [3.05, 3.63) is 47.5 Å². The number of hydrogen-bond acceptors (Lipinski definition) is 3. The molecule has 1 unspecified atom stereocenters. The summed E-state index contributed by atoms with van der Waals surface area (Å²) in [7, 11) is 0. The monoisotopic (exact) mass is 229 g/mol. The topological polar surface area (TPSA) is 47.8 Å². The Morgan fingerprint density at radius 1 is 1.29 bits per heavy atom. The highest BCUT2D eigenvalue weighted by molar-refractivity contribution is 5.98. The van der Waals surface area contributed by atoms with Gasteiger partial charge < -0.3 is 0 Å². The molecule has 0 saturated carbocycles. The van der Waals surface area contributed by atoms with Crippen molar-refractivity contribution in [1.29, 1.82) is 0 Å². The fourth-order valence-corrected chi connectivity index (χ4v) is 1.67. The number of aromatic nitrogens is 3. The van der Waals surface area contributed by atoms with E-state index in [4.69, 9.17) is 0 Å². The van der Waals surface area contributed by atoms with Gasteiger partial charge in [-0.15, -0.1) is 0 Å². The summed E-state index contributed by atoms with van der Waals surface area (Å²) in [6, 6.07) is 5.43. The fourth-order valence-electron chi connectivity index (χ4n) is 1.67. The van der Waals surface area contributed by atoms with Crippen molar-refractivity contribution >= 4 is 5.78 Å². The Labute approximate surface area is 100 Å². The number of nitrogens with zero attached hydrogens (tertiary/aromatic N) is 3. The molecule has 0 amide bonds. The molecule has 0 N–H and O–H groups in total. The maximum Gasteiger partial charge on any atom is 0.187 e. The molecule has 0 radical (unpaired) electrons. The van der Waals surface area contributed by atoms with Crippen LogP contribution in [-0.2, 0) is 0 Å². The lowest BCUT2D eigenvalue weighted by Crippen LogP contribution is -2.17. The zero-order chi connectivity index (χ0) is 12.4. The number of benzene rings is 1. The zero-order valence-electron chi connectivity index (χ0n) is 10.2. The Hall–Kier alpha value is -1.97. The smallest absolute Gasteiger partial charge is 0.187 e. The molecule has 0 fully saturated rings. The van der Waals surface area contributed by atoms with Gasteiger partial charge in [-0.3, -0.25) is 4.79 Å². The minimum absolute atomic E-state index is 0.0543. The second kappa shape index (κ2) is 4.49. The summed E-state index contributed by atoms with van der Waals surface area (Å²) in [5.41, 5.74) is 3.03. The van der Waals surface area contributed by atoms with Gasteiger partial charge in [0.2, 0.25) is 0 Å². The lowest BCUT2D eigenvalue weighted by molar-refractivity contribution is 0.0928. The van der Waals surface area contributed by atoms with Crippen molar-refractivity contribution in [2.75, 3.05) is 0 Å². The molecule has 1 aromatic heterocycles. The zero-order valence-corrected chi connectivity index (χ0v) is 10.2. The van der Waals surface area contributed by atoms with Gasteiger partial charge in [0.05, 0.1) is 0 Å². The van der Waals surface area contributed by atoms with E-state index in [9.17, 15) is 4.79 Å². The Morgan fingerprint density at radius 3 is 2.65 bits per heavy atom. The first-order chi connectivity index (χ1) is 8.09. The first-order valence-corrected chi connectivity index (χ1v) is 5.55. The third kappa shape index (κ3) is 2.25. The summed E-state index contributed by atoms with van der Waals surface area (Å²) < 4.78 is 1.57. The lowest BCUT2D eigenvalue weighted by atomic mass is 10.0. The van der Waals surface area contributed by atoms with E-state index in [2.05, 4.69) is 10.1 Å². The van der Waals surface area contributed by atoms with E-state index >= 15 is 0 Å². The number of carbonyl (C=O) groups excluding carboxylic acids is 1. The minimum atomic E-state index is -0.320. The van der Waals surface area contributed by atoms with Crippen LogP contribution in [0.15, 0.2) is 30.9 Å². The van der Waals surface area contributed by atoms with Crippen molar-refractivity contribution < 1.29 is 4.79 Å². The van der Waals surface area contributed by atoms with Crippen LogP contribution in [-0.4, -0.2) is 20.5 Å². The summed E-state index contributed by atoms with van der Waals surface area (Å²) in [5, 5.41) is 3.99.